The van der Waals surface area contributed by atoms with Gasteiger partial charge < -0.3 is 14.8 Å². The number of rotatable bonds is 8. The highest BCUT2D eigenvalue weighted by atomic mass is 19.4. The summed E-state index contributed by atoms with van der Waals surface area (Å²) in [6.45, 7) is 5.41. The number of benzene rings is 1. The van der Waals surface area contributed by atoms with Crippen LogP contribution < -0.4 is 10.1 Å². The van der Waals surface area contributed by atoms with Gasteiger partial charge in [0.15, 0.2) is 0 Å². The minimum absolute atomic E-state index is 0.351. The molecular formula is C15H22F3NO2. The van der Waals surface area contributed by atoms with Crippen molar-refractivity contribution in [2.75, 3.05) is 26.9 Å². The Hall–Kier alpha value is -1.27. The van der Waals surface area contributed by atoms with Crippen molar-refractivity contribution in [1.82, 2.24) is 5.32 Å². The van der Waals surface area contributed by atoms with Crippen LogP contribution in [0.1, 0.15) is 23.1 Å². The molecule has 0 unspecified atom stereocenters. The van der Waals surface area contributed by atoms with Gasteiger partial charge in [-0.05, 0) is 30.5 Å². The molecular weight excluding hydrogens is 283 g/mol. The van der Waals surface area contributed by atoms with Crippen molar-refractivity contribution >= 4 is 0 Å². The lowest BCUT2D eigenvalue weighted by atomic mass is 10.1. The lowest BCUT2D eigenvalue weighted by molar-refractivity contribution is -0.139. The molecule has 0 saturated heterocycles. The van der Waals surface area contributed by atoms with Gasteiger partial charge in [-0.1, -0.05) is 12.1 Å². The van der Waals surface area contributed by atoms with E-state index in [0.717, 1.165) is 23.2 Å². The largest absolute Gasteiger partial charge is 0.493 e. The lowest BCUT2D eigenvalue weighted by Crippen LogP contribution is -2.18. The van der Waals surface area contributed by atoms with E-state index in [1.54, 1.807) is 7.11 Å². The summed E-state index contributed by atoms with van der Waals surface area (Å²) in [5.41, 5.74) is 2.77. The van der Waals surface area contributed by atoms with Crippen molar-refractivity contribution in [3.63, 3.8) is 0 Å². The molecule has 0 fully saturated rings. The number of hydrogen-bond acceptors (Lipinski definition) is 3. The Kier molecular flexibility index (Phi) is 6.98. The molecule has 0 aliphatic carbocycles. The second-order valence-corrected chi connectivity index (χ2v) is 4.94. The fraction of sp³-hybridized carbons (Fsp3) is 0.600. The van der Waals surface area contributed by atoms with Gasteiger partial charge in [0.1, 0.15) is 5.75 Å². The third-order valence-electron chi connectivity index (χ3n) is 2.96. The summed E-state index contributed by atoms with van der Waals surface area (Å²) in [5, 5.41) is 3.22. The van der Waals surface area contributed by atoms with Crippen molar-refractivity contribution < 1.29 is 22.6 Å². The first-order valence-electron chi connectivity index (χ1n) is 6.83. The Bertz CT molecular complexity index is 424. The first-order valence-corrected chi connectivity index (χ1v) is 6.83. The van der Waals surface area contributed by atoms with Crippen molar-refractivity contribution in [1.29, 1.82) is 0 Å². The van der Waals surface area contributed by atoms with Crippen molar-refractivity contribution in [3.05, 3.63) is 28.8 Å². The fourth-order valence-electron chi connectivity index (χ4n) is 2.05. The summed E-state index contributed by atoms with van der Waals surface area (Å²) >= 11 is 0. The van der Waals surface area contributed by atoms with E-state index in [1.165, 1.54) is 0 Å². The van der Waals surface area contributed by atoms with Gasteiger partial charge in [0.25, 0.3) is 0 Å². The van der Waals surface area contributed by atoms with Crippen LogP contribution in [-0.2, 0) is 11.3 Å². The summed E-state index contributed by atoms with van der Waals surface area (Å²) in [5.74, 6) is 0.542. The van der Waals surface area contributed by atoms with E-state index in [2.05, 4.69) is 5.32 Å². The summed E-state index contributed by atoms with van der Waals surface area (Å²) in [4.78, 5) is 0. The summed E-state index contributed by atoms with van der Waals surface area (Å²) in [6, 6.07) is 3.85. The third-order valence-corrected chi connectivity index (χ3v) is 2.96. The average Bonchev–Trinajstić information content (AvgIpc) is 2.37. The zero-order valence-corrected chi connectivity index (χ0v) is 12.6. The monoisotopic (exact) mass is 305 g/mol. The van der Waals surface area contributed by atoms with E-state index >= 15 is 0 Å². The standard InChI is InChI=1S/C15H22F3NO2/c1-11-8-13(10-19-5-7-20-3)9-12(2)14(11)21-6-4-15(16,17)18/h8-9,19H,4-7,10H2,1-3H3. The number of hydrogen-bond donors (Lipinski definition) is 1. The predicted molar refractivity (Wildman–Crippen MR) is 75.7 cm³/mol. The third kappa shape index (κ3) is 6.82. The van der Waals surface area contributed by atoms with Gasteiger partial charge >= 0.3 is 6.18 Å². The maximum Gasteiger partial charge on any atom is 0.392 e. The van der Waals surface area contributed by atoms with Crippen molar-refractivity contribution in [2.24, 2.45) is 0 Å². The quantitative estimate of drug-likeness (QED) is 0.747. The molecule has 0 aliphatic rings. The minimum atomic E-state index is -4.19. The minimum Gasteiger partial charge on any atom is -0.493 e. The summed E-state index contributed by atoms with van der Waals surface area (Å²) in [6.07, 6.45) is -5.13. The van der Waals surface area contributed by atoms with E-state index in [0.29, 0.717) is 18.9 Å². The molecule has 0 heterocycles. The fourth-order valence-corrected chi connectivity index (χ4v) is 2.05. The van der Waals surface area contributed by atoms with Crippen LogP contribution in [0.4, 0.5) is 13.2 Å². The van der Waals surface area contributed by atoms with Crippen LogP contribution in [0.3, 0.4) is 0 Å². The van der Waals surface area contributed by atoms with Crippen LogP contribution >= 0.6 is 0 Å². The molecule has 0 bridgehead atoms. The molecule has 0 aromatic heterocycles. The zero-order chi connectivity index (χ0) is 15.9. The molecule has 120 valence electrons. The Balaban J connectivity index is 2.58. The Morgan fingerprint density at radius 1 is 1.10 bits per heavy atom. The lowest BCUT2D eigenvalue weighted by Gasteiger charge is -2.15. The molecule has 6 heteroatoms. The summed E-state index contributed by atoms with van der Waals surface area (Å²) < 4.78 is 46.6. The molecule has 0 amide bonds. The molecule has 0 saturated carbocycles. The number of alkyl halides is 3. The van der Waals surface area contributed by atoms with Crippen LogP contribution in [0, 0.1) is 13.8 Å². The normalized spacial score (nSPS) is 11.7. The second-order valence-electron chi connectivity index (χ2n) is 4.94. The van der Waals surface area contributed by atoms with Crippen LogP contribution in [-0.4, -0.2) is 33.0 Å². The number of aryl methyl sites for hydroxylation is 2. The number of methoxy groups -OCH3 is 1. The van der Waals surface area contributed by atoms with Crippen LogP contribution in [0.25, 0.3) is 0 Å². The molecule has 1 N–H and O–H groups in total. The van der Waals surface area contributed by atoms with Crippen molar-refractivity contribution in [2.45, 2.75) is 33.0 Å². The molecule has 3 nitrogen and oxygen atoms in total. The van der Waals surface area contributed by atoms with Crippen molar-refractivity contribution in [3.8, 4) is 5.75 Å². The topological polar surface area (TPSA) is 30.5 Å². The Morgan fingerprint density at radius 2 is 1.71 bits per heavy atom. The molecule has 21 heavy (non-hydrogen) atoms. The van der Waals surface area contributed by atoms with E-state index in [4.69, 9.17) is 9.47 Å². The molecule has 0 aliphatic heterocycles. The van der Waals surface area contributed by atoms with E-state index in [1.807, 2.05) is 26.0 Å². The van der Waals surface area contributed by atoms with E-state index < -0.39 is 12.6 Å². The first-order chi connectivity index (χ1) is 9.83. The van der Waals surface area contributed by atoms with Crippen LogP contribution in [0.2, 0.25) is 0 Å². The molecule has 1 aromatic carbocycles. The smallest absolute Gasteiger partial charge is 0.392 e. The highest BCUT2D eigenvalue weighted by molar-refractivity contribution is 5.43. The predicted octanol–water partition coefficient (Wildman–Crippen LogP) is 3.37. The van der Waals surface area contributed by atoms with Gasteiger partial charge in [-0.15, -0.1) is 0 Å². The van der Waals surface area contributed by atoms with Gasteiger partial charge in [0.2, 0.25) is 0 Å². The maximum absolute atomic E-state index is 12.1. The average molecular weight is 305 g/mol. The van der Waals surface area contributed by atoms with Gasteiger partial charge in [-0.25, -0.2) is 0 Å². The zero-order valence-electron chi connectivity index (χ0n) is 12.6. The second kappa shape index (κ2) is 8.24. The molecule has 0 atom stereocenters. The summed E-state index contributed by atoms with van der Waals surface area (Å²) in [7, 11) is 1.64. The SMILES string of the molecule is COCCNCc1cc(C)c(OCCC(F)(F)F)c(C)c1. The number of nitrogens with one attached hydrogen (secondary N) is 1. The Labute approximate surface area is 123 Å². The Morgan fingerprint density at radius 3 is 2.24 bits per heavy atom. The van der Waals surface area contributed by atoms with Gasteiger partial charge in [0.05, 0.1) is 19.6 Å². The van der Waals surface area contributed by atoms with Gasteiger partial charge in [-0.2, -0.15) is 13.2 Å². The van der Waals surface area contributed by atoms with Crippen LogP contribution in [0.15, 0.2) is 12.1 Å². The number of ether oxygens (including phenoxy) is 2. The molecule has 1 aromatic rings. The highest BCUT2D eigenvalue weighted by Crippen LogP contribution is 2.26. The maximum atomic E-state index is 12.1. The highest BCUT2D eigenvalue weighted by Gasteiger charge is 2.27. The molecule has 1 rings (SSSR count). The van der Waals surface area contributed by atoms with Gasteiger partial charge in [0, 0.05) is 20.2 Å². The first kappa shape index (κ1) is 17.8. The van der Waals surface area contributed by atoms with E-state index in [9.17, 15) is 13.2 Å². The van der Waals surface area contributed by atoms with Gasteiger partial charge in [-0.3, -0.25) is 0 Å². The molecule has 0 radical (unpaired) electrons. The molecule has 0 spiro atoms. The van der Waals surface area contributed by atoms with E-state index in [-0.39, 0.29) is 6.61 Å². The number of halogens is 3. The van der Waals surface area contributed by atoms with Crippen LogP contribution in [0.5, 0.6) is 5.75 Å².